The van der Waals surface area contributed by atoms with Gasteiger partial charge in [-0.05, 0) is 6.07 Å². The third-order valence-corrected chi connectivity index (χ3v) is 2.71. The number of nitrogens with one attached hydrogen (secondary N) is 2. The Morgan fingerprint density at radius 3 is 2.65 bits per heavy atom. The number of ether oxygens (including phenoxy) is 2. The average molecular weight is 279 g/mol. The molecule has 1 rings (SSSR count). The van der Waals surface area contributed by atoms with Crippen molar-refractivity contribution in [1.29, 1.82) is 0 Å². The van der Waals surface area contributed by atoms with Crippen LogP contribution in [0.2, 0.25) is 0 Å². The van der Waals surface area contributed by atoms with Crippen LogP contribution in [0.15, 0.2) is 29.3 Å². The molecular formula is C14H21N3O3. The molecule has 110 valence electrons. The van der Waals surface area contributed by atoms with Gasteiger partial charge in [0, 0.05) is 25.7 Å². The fourth-order valence-corrected chi connectivity index (χ4v) is 1.63. The predicted octanol–water partition coefficient (Wildman–Crippen LogP) is 0.923. The van der Waals surface area contributed by atoms with Crippen molar-refractivity contribution in [3.63, 3.8) is 0 Å². The van der Waals surface area contributed by atoms with Crippen molar-refractivity contribution in [2.45, 2.75) is 13.0 Å². The van der Waals surface area contributed by atoms with E-state index < -0.39 is 0 Å². The van der Waals surface area contributed by atoms with Crippen LogP contribution in [-0.4, -0.2) is 39.7 Å². The quantitative estimate of drug-likeness (QED) is 0.460. The number of carbonyl (C=O) groups is 1. The summed E-state index contributed by atoms with van der Waals surface area (Å²) in [7, 11) is 4.69. The van der Waals surface area contributed by atoms with Crippen LogP contribution in [0.1, 0.15) is 12.0 Å². The zero-order valence-corrected chi connectivity index (χ0v) is 12.1. The third kappa shape index (κ3) is 5.17. The first-order valence-electron chi connectivity index (χ1n) is 6.34. The van der Waals surface area contributed by atoms with Crippen LogP contribution in [0, 0.1) is 0 Å². The van der Waals surface area contributed by atoms with Crippen molar-refractivity contribution in [3.05, 3.63) is 29.8 Å². The predicted molar refractivity (Wildman–Crippen MR) is 77.8 cm³/mol. The van der Waals surface area contributed by atoms with E-state index in [9.17, 15) is 4.79 Å². The van der Waals surface area contributed by atoms with Gasteiger partial charge in [0.1, 0.15) is 5.75 Å². The second-order valence-electron chi connectivity index (χ2n) is 3.99. The van der Waals surface area contributed by atoms with Gasteiger partial charge in [0.25, 0.3) is 0 Å². The molecule has 0 aliphatic rings. The largest absolute Gasteiger partial charge is 0.496 e. The molecule has 1 aromatic carbocycles. The summed E-state index contributed by atoms with van der Waals surface area (Å²) in [4.78, 5) is 15.1. The second-order valence-corrected chi connectivity index (χ2v) is 3.99. The highest BCUT2D eigenvalue weighted by molar-refractivity contribution is 5.80. The summed E-state index contributed by atoms with van der Waals surface area (Å²) in [6.45, 7) is 1.06. The van der Waals surface area contributed by atoms with E-state index in [2.05, 4.69) is 20.4 Å². The van der Waals surface area contributed by atoms with Gasteiger partial charge in [-0.25, -0.2) is 0 Å². The standard InChI is InChI=1S/C14H21N3O3/c1-15-14(16-9-8-13(18)20-3)17-10-11-6-4-5-7-12(11)19-2/h4-7H,8-10H2,1-3H3,(H2,15,16,17). The lowest BCUT2D eigenvalue weighted by Gasteiger charge is -2.13. The van der Waals surface area contributed by atoms with Gasteiger partial charge in [-0.3, -0.25) is 9.79 Å². The third-order valence-electron chi connectivity index (χ3n) is 2.71. The topological polar surface area (TPSA) is 72.0 Å². The van der Waals surface area contributed by atoms with Crippen molar-refractivity contribution < 1.29 is 14.3 Å². The van der Waals surface area contributed by atoms with Crippen LogP contribution in [-0.2, 0) is 16.1 Å². The Kier molecular flexibility index (Phi) is 6.95. The van der Waals surface area contributed by atoms with Gasteiger partial charge in [0.15, 0.2) is 5.96 Å². The van der Waals surface area contributed by atoms with Crippen LogP contribution in [0.5, 0.6) is 5.75 Å². The summed E-state index contributed by atoms with van der Waals surface area (Å²) in [5.74, 6) is 1.20. The summed E-state index contributed by atoms with van der Waals surface area (Å²) in [6.07, 6.45) is 0.297. The van der Waals surface area contributed by atoms with Crippen LogP contribution in [0.25, 0.3) is 0 Å². The molecule has 20 heavy (non-hydrogen) atoms. The fourth-order valence-electron chi connectivity index (χ4n) is 1.63. The van der Waals surface area contributed by atoms with Gasteiger partial charge in [-0.15, -0.1) is 0 Å². The van der Waals surface area contributed by atoms with Gasteiger partial charge in [-0.2, -0.15) is 0 Å². The smallest absolute Gasteiger partial charge is 0.307 e. The molecule has 1 aromatic rings. The Labute approximate surface area is 119 Å². The Balaban J connectivity index is 2.43. The zero-order valence-electron chi connectivity index (χ0n) is 12.1. The van der Waals surface area contributed by atoms with Crippen molar-refractivity contribution in [2.24, 2.45) is 4.99 Å². The van der Waals surface area contributed by atoms with Crippen molar-refractivity contribution in [3.8, 4) is 5.75 Å². The van der Waals surface area contributed by atoms with E-state index >= 15 is 0 Å². The summed E-state index contributed by atoms with van der Waals surface area (Å²) in [5, 5.41) is 6.20. The maximum Gasteiger partial charge on any atom is 0.307 e. The highest BCUT2D eigenvalue weighted by Crippen LogP contribution is 2.16. The maximum absolute atomic E-state index is 11.0. The summed E-state index contributed by atoms with van der Waals surface area (Å²) >= 11 is 0. The van der Waals surface area contributed by atoms with Crippen LogP contribution in [0.3, 0.4) is 0 Å². The number of esters is 1. The monoisotopic (exact) mass is 279 g/mol. The SMILES string of the molecule is CN=C(NCCC(=O)OC)NCc1ccccc1OC. The molecule has 0 spiro atoms. The van der Waals surface area contributed by atoms with E-state index in [1.54, 1.807) is 14.2 Å². The van der Waals surface area contributed by atoms with Gasteiger partial charge < -0.3 is 20.1 Å². The minimum atomic E-state index is -0.252. The molecule has 0 saturated carbocycles. The first-order chi connectivity index (χ1) is 9.71. The summed E-state index contributed by atoms with van der Waals surface area (Å²) < 4.78 is 9.85. The van der Waals surface area contributed by atoms with E-state index in [4.69, 9.17) is 4.74 Å². The van der Waals surface area contributed by atoms with Crippen molar-refractivity contribution in [2.75, 3.05) is 27.8 Å². The molecule has 0 amide bonds. The number of benzene rings is 1. The Hall–Kier alpha value is -2.24. The number of carbonyl (C=O) groups excluding carboxylic acids is 1. The van der Waals surface area contributed by atoms with E-state index in [1.165, 1.54) is 7.11 Å². The first kappa shape index (κ1) is 15.8. The van der Waals surface area contributed by atoms with Crippen molar-refractivity contribution in [1.82, 2.24) is 10.6 Å². The minimum Gasteiger partial charge on any atom is -0.496 e. The number of nitrogens with zero attached hydrogens (tertiary/aromatic N) is 1. The molecule has 0 aliphatic carbocycles. The summed E-state index contributed by atoms with van der Waals surface area (Å²) in [5.41, 5.74) is 1.03. The maximum atomic E-state index is 11.0. The lowest BCUT2D eigenvalue weighted by atomic mass is 10.2. The van der Waals surface area contributed by atoms with Gasteiger partial charge in [-0.1, -0.05) is 18.2 Å². The highest BCUT2D eigenvalue weighted by Gasteiger charge is 2.04. The fraction of sp³-hybridized carbons (Fsp3) is 0.429. The lowest BCUT2D eigenvalue weighted by molar-refractivity contribution is -0.140. The normalized spacial score (nSPS) is 10.8. The number of hydrogen-bond donors (Lipinski definition) is 2. The Morgan fingerprint density at radius 1 is 1.25 bits per heavy atom. The molecule has 0 atom stereocenters. The van der Waals surface area contributed by atoms with E-state index in [0.29, 0.717) is 25.5 Å². The molecular weight excluding hydrogens is 258 g/mol. The second kappa shape index (κ2) is 8.79. The van der Waals surface area contributed by atoms with Crippen LogP contribution in [0.4, 0.5) is 0 Å². The number of guanidine groups is 1. The molecule has 0 aromatic heterocycles. The molecule has 6 heteroatoms. The number of hydrogen-bond acceptors (Lipinski definition) is 4. The molecule has 0 heterocycles. The van der Waals surface area contributed by atoms with Crippen LogP contribution < -0.4 is 15.4 Å². The first-order valence-corrected chi connectivity index (χ1v) is 6.34. The van der Waals surface area contributed by atoms with E-state index in [-0.39, 0.29) is 5.97 Å². The van der Waals surface area contributed by atoms with Gasteiger partial charge >= 0.3 is 5.97 Å². The lowest BCUT2D eigenvalue weighted by Crippen LogP contribution is -2.38. The molecule has 0 saturated heterocycles. The molecule has 6 nitrogen and oxygen atoms in total. The molecule has 0 radical (unpaired) electrons. The van der Waals surface area contributed by atoms with Crippen molar-refractivity contribution >= 4 is 11.9 Å². The van der Waals surface area contributed by atoms with E-state index in [1.807, 2.05) is 24.3 Å². The average Bonchev–Trinajstić information content (AvgIpc) is 2.50. The number of methoxy groups -OCH3 is 2. The number of aliphatic imine (C=N–C) groups is 1. The van der Waals surface area contributed by atoms with Crippen LogP contribution >= 0.6 is 0 Å². The Bertz CT molecular complexity index is 461. The number of para-hydroxylation sites is 1. The zero-order chi connectivity index (χ0) is 14.8. The highest BCUT2D eigenvalue weighted by atomic mass is 16.5. The minimum absolute atomic E-state index is 0.252. The molecule has 0 bridgehead atoms. The summed E-state index contributed by atoms with van der Waals surface area (Å²) in [6, 6.07) is 7.76. The molecule has 0 unspecified atom stereocenters. The molecule has 0 aliphatic heterocycles. The number of rotatable bonds is 6. The van der Waals surface area contributed by atoms with Gasteiger partial charge in [0.05, 0.1) is 20.6 Å². The van der Waals surface area contributed by atoms with Gasteiger partial charge in [0.2, 0.25) is 0 Å². The molecule has 0 fully saturated rings. The van der Waals surface area contributed by atoms with E-state index in [0.717, 1.165) is 11.3 Å². The Morgan fingerprint density at radius 2 is 2.00 bits per heavy atom. The molecule has 2 N–H and O–H groups in total.